The second-order valence-corrected chi connectivity index (χ2v) is 4.82. The zero-order valence-electron chi connectivity index (χ0n) is 10.2. The summed E-state index contributed by atoms with van der Waals surface area (Å²) in [5.74, 6) is 0.541. The molecule has 0 bridgehead atoms. The van der Waals surface area contributed by atoms with Crippen LogP contribution >= 0.6 is 15.9 Å². The van der Waals surface area contributed by atoms with Crippen LogP contribution < -0.4 is 10.6 Å². The number of aromatic nitrogens is 1. The molecule has 0 saturated heterocycles. The molecule has 0 unspecified atom stereocenters. The first-order valence-electron chi connectivity index (χ1n) is 5.71. The molecule has 0 fully saturated rings. The number of pyridine rings is 1. The van der Waals surface area contributed by atoms with Gasteiger partial charge in [0.1, 0.15) is 5.82 Å². The van der Waals surface area contributed by atoms with Gasteiger partial charge in [-0.2, -0.15) is 0 Å². The fraction of sp³-hybridized carbons (Fsp3) is 0.231. The van der Waals surface area contributed by atoms with Gasteiger partial charge in [0.2, 0.25) is 0 Å². The first-order valence-corrected chi connectivity index (χ1v) is 6.51. The lowest BCUT2D eigenvalue weighted by atomic mass is 10.1. The lowest BCUT2D eigenvalue weighted by Gasteiger charge is -2.08. The number of carbonyl (C=O) groups excluding carboxylic acids is 1. The van der Waals surface area contributed by atoms with E-state index in [1.165, 1.54) is 0 Å². The molecule has 4 nitrogen and oxygen atoms in total. The van der Waals surface area contributed by atoms with Crippen LogP contribution in [0.4, 0.5) is 10.6 Å². The van der Waals surface area contributed by atoms with Crippen molar-refractivity contribution in [3.63, 3.8) is 0 Å². The second-order valence-electron chi connectivity index (χ2n) is 3.96. The molecule has 2 amide bonds. The molecular formula is C13H14BrN3O. The Labute approximate surface area is 114 Å². The molecule has 0 atom stereocenters. The van der Waals surface area contributed by atoms with Gasteiger partial charge < -0.3 is 5.32 Å². The SMILES string of the molecule is CCNC(=O)Nc1cc2c(Br)ccc(C)c2cn1. The van der Waals surface area contributed by atoms with Gasteiger partial charge in [-0.25, -0.2) is 9.78 Å². The summed E-state index contributed by atoms with van der Waals surface area (Å²) in [4.78, 5) is 15.7. The molecule has 1 heterocycles. The summed E-state index contributed by atoms with van der Waals surface area (Å²) in [7, 11) is 0. The van der Waals surface area contributed by atoms with Crippen molar-refractivity contribution in [2.75, 3.05) is 11.9 Å². The molecule has 2 N–H and O–H groups in total. The zero-order valence-corrected chi connectivity index (χ0v) is 11.8. The van der Waals surface area contributed by atoms with Crippen LogP contribution in [0.5, 0.6) is 0 Å². The van der Waals surface area contributed by atoms with E-state index < -0.39 is 0 Å². The summed E-state index contributed by atoms with van der Waals surface area (Å²) in [6.07, 6.45) is 1.77. The molecule has 2 rings (SSSR count). The van der Waals surface area contributed by atoms with Crippen molar-refractivity contribution in [3.05, 3.63) is 34.4 Å². The number of hydrogen-bond acceptors (Lipinski definition) is 2. The third-order valence-corrected chi connectivity index (χ3v) is 3.34. The van der Waals surface area contributed by atoms with E-state index >= 15 is 0 Å². The van der Waals surface area contributed by atoms with E-state index in [9.17, 15) is 4.79 Å². The van der Waals surface area contributed by atoms with Crippen LogP contribution in [-0.4, -0.2) is 17.6 Å². The van der Waals surface area contributed by atoms with Gasteiger partial charge in [0.25, 0.3) is 0 Å². The van der Waals surface area contributed by atoms with Crippen molar-refractivity contribution in [1.82, 2.24) is 10.3 Å². The molecule has 94 valence electrons. The molecule has 0 saturated carbocycles. The van der Waals surface area contributed by atoms with Crippen molar-refractivity contribution in [2.24, 2.45) is 0 Å². The maximum atomic E-state index is 11.4. The number of carbonyl (C=O) groups is 1. The molecule has 0 aliphatic heterocycles. The van der Waals surface area contributed by atoms with Crippen LogP contribution in [0.3, 0.4) is 0 Å². The standard InChI is InChI=1S/C13H14BrN3O/c1-3-15-13(18)17-12-6-9-10(7-16-12)8(2)4-5-11(9)14/h4-7H,3H2,1-2H3,(H2,15,16,17,18). The fourth-order valence-corrected chi connectivity index (χ4v) is 2.19. The Kier molecular flexibility index (Phi) is 3.81. The molecule has 2 aromatic rings. The Morgan fingerprint density at radius 2 is 2.17 bits per heavy atom. The first-order chi connectivity index (χ1) is 8.61. The minimum absolute atomic E-state index is 0.242. The average Bonchev–Trinajstić information content (AvgIpc) is 2.34. The maximum absolute atomic E-state index is 11.4. The normalized spacial score (nSPS) is 10.4. The molecule has 0 spiro atoms. The number of rotatable bonds is 2. The number of amides is 2. The molecule has 0 radical (unpaired) electrons. The Hall–Kier alpha value is -1.62. The van der Waals surface area contributed by atoms with Crippen LogP contribution in [-0.2, 0) is 0 Å². The number of nitrogens with zero attached hydrogens (tertiary/aromatic N) is 1. The predicted molar refractivity (Wildman–Crippen MR) is 76.9 cm³/mol. The van der Waals surface area contributed by atoms with E-state index in [0.29, 0.717) is 12.4 Å². The van der Waals surface area contributed by atoms with Gasteiger partial charge in [0.15, 0.2) is 0 Å². The Balaban J connectivity index is 2.38. The van der Waals surface area contributed by atoms with E-state index in [-0.39, 0.29) is 6.03 Å². The number of benzene rings is 1. The monoisotopic (exact) mass is 307 g/mol. The van der Waals surface area contributed by atoms with E-state index in [1.54, 1.807) is 6.20 Å². The lowest BCUT2D eigenvalue weighted by Crippen LogP contribution is -2.28. The first kappa shape index (κ1) is 12.8. The third kappa shape index (κ3) is 2.61. The van der Waals surface area contributed by atoms with Crippen molar-refractivity contribution in [3.8, 4) is 0 Å². The third-order valence-electron chi connectivity index (χ3n) is 2.64. The van der Waals surface area contributed by atoms with Gasteiger partial charge in [0.05, 0.1) is 0 Å². The largest absolute Gasteiger partial charge is 0.338 e. The molecule has 1 aromatic heterocycles. The highest BCUT2D eigenvalue weighted by atomic mass is 79.9. The highest BCUT2D eigenvalue weighted by Crippen LogP contribution is 2.27. The number of fused-ring (bicyclic) bond motifs is 1. The summed E-state index contributed by atoms with van der Waals surface area (Å²) < 4.78 is 0.990. The van der Waals surface area contributed by atoms with Gasteiger partial charge in [-0.05, 0) is 31.5 Å². The van der Waals surface area contributed by atoms with Crippen LogP contribution in [0.25, 0.3) is 10.8 Å². The Bertz CT molecular complexity index is 598. The quantitative estimate of drug-likeness (QED) is 0.893. The van der Waals surface area contributed by atoms with E-state index in [1.807, 2.05) is 32.0 Å². The topological polar surface area (TPSA) is 54.0 Å². The zero-order chi connectivity index (χ0) is 13.1. The minimum Gasteiger partial charge on any atom is -0.338 e. The molecule has 5 heteroatoms. The van der Waals surface area contributed by atoms with E-state index in [2.05, 4.69) is 31.5 Å². The number of urea groups is 1. The number of halogens is 1. The Morgan fingerprint density at radius 1 is 1.39 bits per heavy atom. The molecule has 0 aliphatic rings. The molecule has 1 aromatic carbocycles. The maximum Gasteiger partial charge on any atom is 0.320 e. The summed E-state index contributed by atoms with van der Waals surface area (Å²) in [5.41, 5.74) is 1.16. The van der Waals surface area contributed by atoms with Crippen LogP contribution in [0.15, 0.2) is 28.9 Å². The van der Waals surface area contributed by atoms with Crippen molar-refractivity contribution >= 4 is 38.6 Å². The molecular weight excluding hydrogens is 294 g/mol. The van der Waals surface area contributed by atoms with Crippen molar-refractivity contribution in [1.29, 1.82) is 0 Å². The summed E-state index contributed by atoms with van der Waals surface area (Å²) in [6.45, 7) is 4.49. The lowest BCUT2D eigenvalue weighted by molar-refractivity contribution is 0.252. The number of aryl methyl sites for hydroxylation is 1. The smallest absolute Gasteiger partial charge is 0.320 e. The van der Waals surface area contributed by atoms with Crippen molar-refractivity contribution < 1.29 is 4.79 Å². The Morgan fingerprint density at radius 3 is 2.89 bits per heavy atom. The predicted octanol–water partition coefficient (Wildman–Crippen LogP) is 3.45. The van der Waals surface area contributed by atoms with Crippen LogP contribution in [0, 0.1) is 6.92 Å². The fourth-order valence-electron chi connectivity index (χ4n) is 1.73. The minimum atomic E-state index is -0.242. The van der Waals surface area contributed by atoms with Gasteiger partial charge in [-0.15, -0.1) is 0 Å². The van der Waals surface area contributed by atoms with Crippen LogP contribution in [0.1, 0.15) is 12.5 Å². The van der Waals surface area contributed by atoms with Gasteiger partial charge in [0, 0.05) is 28.0 Å². The summed E-state index contributed by atoms with van der Waals surface area (Å²) in [5, 5.41) is 7.48. The second kappa shape index (κ2) is 5.35. The average molecular weight is 308 g/mol. The molecule has 0 aliphatic carbocycles. The van der Waals surface area contributed by atoms with E-state index in [4.69, 9.17) is 0 Å². The van der Waals surface area contributed by atoms with Crippen molar-refractivity contribution in [2.45, 2.75) is 13.8 Å². The number of nitrogens with one attached hydrogen (secondary N) is 2. The van der Waals surface area contributed by atoms with Gasteiger partial charge in [-0.1, -0.05) is 22.0 Å². The number of anilines is 1. The highest BCUT2D eigenvalue weighted by Gasteiger charge is 2.06. The van der Waals surface area contributed by atoms with E-state index in [0.717, 1.165) is 20.8 Å². The number of hydrogen-bond donors (Lipinski definition) is 2. The van der Waals surface area contributed by atoms with Gasteiger partial charge >= 0.3 is 6.03 Å². The molecule has 18 heavy (non-hydrogen) atoms. The van der Waals surface area contributed by atoms with Crippen LogP contribution in [0.2, 0.25) is 0 Å². The summed E-state index contributed by atoms with van der Waals surface area (Å²) in [6, 6.07) is 5.65. The van der Waals surface area contributed by atoms with Gasteiger partial charge in [-0.3, -0.25) is 5.32 Å². The highest BCUT2D eigenvalue weighted by molar-refractivity contribution is 9.10. The summed E-state index contributed by atoms with van der Waals surface area (Å²) >= 11 is 3.51.